The number of hydrogen-bond donors (Lipinski definition) is 2. The zero-order chi connectivity index (χ0) is 21.6. The van der Waals surface area contributed by atoms with Crippen LogP contribution in [-0.4, -0.2) is 27.5 Å². The Morgan fingerprint density at radius 2 is 1.43 bits per heavy atom. The molecule has 7 nitrogen and oxygen atoms in total. The fraction of sp³-hybridized carbons (Fsp3) is 0.136. The van der Waals surface area contributed by atoms with Gasteiger partial charge < -0.3 is 14.8 Å². The molecule has 156 valence electrons. The molecule has 1 amide bonds. The second kappa shape index (κ2) is 9.32. The fourth-order valence-corrected chi connectivity index (χ4v) is 3.70. The Morgan fingerprint density at radius 3 is 2.07 bits per heavy atom. The van der Waals surface area contributed by atoms with Gasteiger partial charge in [0.05, 0.1) is 12.0 Å². The van der Waals surface area contributed by atoms with Crippen LogP contribution in [0, 0.1) is 0 Å². The summed E-state index contributed by atoms with van der Waals surface area (Å²) in [6.45, 7) is 1.62. The number of hydrogen-bond acceptors (Lipinski definition) is 5. The molecule has 3 rings (SSSR count). The van der Waals surface area contributed by atoms with Gasteiger partial charge in [-0.05, 0) is 55.5 Å². The third kappa shape index (κ3) is 5.30. The van der Waals surface area contributed by atoms with Crippen molar-refractivity contribution in [1.82, 2.24) is 0 Å². The predicted molar refractivity (Wildman–Crippen MR) is 115 cm³/mol. The summed E-state index contributed by atoms with van der Waals surface area (Å²) in [6, 6.07) is 21.5. The summed E-state index contributed by atoms with van der Waals surface area (Å²) in [5.41, 5.74) is 0.923. The van der Waals surface area contributed by atoms with Gasteiger partial charge in [0.25, 0.3) is 15.9 Å². The summed E-state index contributed by atoms with van der Waals surface area (Å²) in [7, 11) is -2.20. The summed E-state index contributed by atoms with van der Waals surface area (Å²) in [5.74, 6) is 0.604. The van der Waals surface area contributed by atoms with Crippen molar-refractivity contribution < 1.29 is 22.7 Å². The molecule has 0 aliphatic heterocycles. The van der Waals surface area contributed by atoms with Gasteiger partial charge in [-0.25, -0.2) is 8.42 Å². The van der Waals surface area contributed by atoms with E-state index in [0.29, 0.717) is 22.9 Å². The third-order valence-corrected chi connectivity index (χ3v) is 5.60. The quantitative estimate of drug-likeness (QED) is 0.570. The Hall–Kier alpha value is -3.52. The Bertz CT molecular complexity index is 1100. The molecule has 0 unspecified atom stereocenters. The van der Waals surface area contributed by atoms with Crippen LogP contribution in [0.5, 0.6) is 11.5 Å². The Morgan fingerprint density at radius 1 is 0.833 bits per heavy atom. The summed E-state index contributed by atoms with van der Waals surface area (Å²) in [5, 5.41) is 2.71. The number of para-hydroxylation sites is 3. The Kier molecular flexibility index (Phi) is 6.58. The summed E-state index contributed by atoms with van der Waals surface area (Å²) >= 11 is 0. The molecule has 0 heterocycles. The van der Waals surface area contributed by atoms with Crippen molar-refractivity contribution in [2.45, 2.75) is 17.9 Å². The first-order valence-electron chi connectivity index (χ1n) is 9.17. The number of amides is 1. The molecule has 1 atom stereocenters. The molecule has 0 saturated heterocycles. The van der Waals surface area contributed by atoms with E-state index in [2.05, 4.69) is 10.0 Å². The van der Waals surface area contributed by atoms with E-state index in [1.807, 2.05) is 0 Å². The number of rotatable bonds is 8. The van der Waals surface area contributed by atoms with E-state index in [4.69, 9.17) is 9.47 Å². The molecular formula is C22H22N2O5S. The first-order chi connectivity index (χ1) is 14.4. The highest BCUT2D eigenvalue weighted by atomic mass is 32.2. The van der Waals surface area contributed by atoms with Crippen molar-refractivity contribution in [3.8, 4) is 11.5 Å². The van der Waals surface area contributed by atoms with E-state index in [1.165, 1.54) is 31.4 Å². The lowest BCUT2D eigenvalue weighted by Gasteiger charge is -2.16. The molecule has 0 spiro atoms. The third-order valence-electron chi connectivity index (χ3n) is 4.20. The molecular weight excluding hydrogens is 404 g/mol. The highest BCUT2D eigenvalue weighted by Gasteiger charge is 2.18. The number of anilines is 2. The maximum absolute atomic E-state index is 12.5. The van der Waals surface area contributed by atoms with Gasteiger partial charge in [-0.3, -0.25) is 9.52 Å². The SMILES string of the molecule is COc1ccccc1O[C@H](C)C(=O)Nc1ccc(S(=O)(=O)Nc2ccccc2)cc1. The van der Waals surface area contributed by atoms with Gasteiger partial charge in [0.2, 0.25) is 0 Å². The van der Waals surface area contributed by atoms with Crippen molar-refractivity contribution in [3.63, 3.8) is 0 Å². The zero-order valence-corrected chi connectivity index (χ0v) is 17.3. The van der Waals surface area contributed by atoms with Crippen LogP contribution < -0.4 is 19.5 Å². The summed E-state index contributed by atoms with van der Waals surface area (Å²) in [6.07, 6.45) is -0.788. The summed E-state index contributed by atoms with van der Waals surface area (Å²) in [4.78, 5) is 12.5. The van der Waals surface area contributed by atoms with Gasteiger partial charge in [0, 0.05) is 11.4 Å². The summed E-state index contributed by atoms with van der Waals surface area (Å²) < 4.78 is 38.3. The smallest absolute Gasteiger partial charge is 0.265 e. The first-order valence-corrected chi connectivity index (χ1v) is 10.7. The number of nitrogens with one attached hydrogen (secondary N) is 2. The zero-order valence-electron chi connectivity index (χ0n) is 16.5. The molecule has 0 fully saturated rings. The minimum Gasteiger partial charge on any atom is -0.493 e. The van der Waals surface area contributed by atoms with Crippen LogP contribution in [0.4, 0.5) is 11.4 Å². The molecule has 0 aromatic heterocycles. The highest BCUT2D eigenvalue weighted by Crippen LogP contribution is 2.27. The van der Waals surface area contributed by atoms with Crippen LogP contribution in [-0.2, 0) is 14.8 Å². The van der Waals surface area contributed by atoms with Gasteiger partial charge in [-0.15, -0.1) is 0 Å². The highest BCUT2D eigenvalue weighted by molar-refractivity contribution is 7.92. The van der Waals surface area contributed by atoms with Crippen LogP contribution in [0.1, 0.15) is 6.92 Å². The predicted octanol–water partition coefficient (Wildman–Crippen LogP) is 3.90. The lowest BCUT2D eigenvalue weighted by atomic mass is 10.3. The van der Waals surface area contributed by atoms with Gasteiger partial charge >= 0.3 is 0 Å². The standard InChI is InChI=1S/C22H22N2O5S/c1-16(29-21-11-7-6-10-20(21)28-2)22(25)23-17-12-14-19(15-13-17)30(26,27)24-18-8-4-3-5-9-18/h3-16,24H,1-2H3,(H,23,25)/t16-/m1/s1. The average molecular weight is 426 g/mol. The number of ether oxygens (including phenoxy) is 2. The van der Waals surface area contributed by atoms with E-state index in [1.54, 1.807) is 61.5 Å². The van der Waals surface area contributed by atoms with E-state index in [0.717, 1.165) is 0 Å². The van der Waals surface area contributed by atoms with Crippen molar-refractivity contribution >= 4 is 27.3 Å². The van der Waals surface area contributed by atoms with Gasteiger partial charge in [0.15, 0.2) is 17.6 Å². The lowest BCUT2D eigenvalue weighted by Crippen LogP contribution is -2.30. The van der Waals surface area contributed by atoms with Crippen LogP contribution in [0.2, 0.25) is 0 Å². The molecule has 0 aliphatic rings. The van der Waals surface area contributed by atoms with Gasteiger partial charge in [0.1, 0.15) is 0 Å². The minimum absolute atomic E-state index is 0.0858. The molecule has 0 bridgehead atoms. The number of carbonyl (C=O) groups excluding carboxylic acids is 1. The molecule has 3 aromatic carbocycles. The van der Waals surface area contributed by atoms with Crippen LogP contribution >= 0.6 is 0 Å². The molecule has 0 radical (unpaired) electrons. The van der Waals surface area contributed by atoms with Crippen molar-refractivity contribution in [1.29, 1.82) is 0 Å². The van der Waals surface area contributed by atoms with Crippen LogP contribution in [0.3, 0.4) is 0 Å². The fourth-order valence-electron chi connectivity index (χ4n) is 2.64. The monoisotopic (exact) mass is 426 g/mol. The topological polar surface area (TPSA) is 93.7 Å². The second-order valence-electron chi connectivity index (χ2n) is 6.40. The number of methoxy groups -OCH3 is 1. The second-order valence-corrected chi connectivity index (χ2v) is 8.08. The first kappa shape index (κ1) is 21.2. The molecule has 0 saturated carbocycles. The van der Waals surface area contributed by atoms with Crippen LogP contribution in [0.15, 0.2) is 83.8 Å². The van der Waals surface area contributed by atoms with Crippen molar-refractivity contribution in [2.24, 2.45) is 0 Å². The van der Waals surface area contributed by atoms with E-state index >= 15 is 0 Å². The maximum atomic E-state index is 12.5. The van der Waals surface area contributed by atoms with E-state index in [9.17, 15) is 13.2 Å². The molecule has 8 heteroatoms. The van der Waals surface area contributed by atoms with Gasteiger partial charge in [-0.1, -0.05) is 30.3 Å². The number of benzene rings is 3. The minimum atomic E-state index is -3.72. The van der Waals surface area contributed by atoms with E-state index < -0.39 is 16.1 Å². The van der Waals surface area contributed by atoms with Crippen LogP contribution in [0.25, 0.3) is 0 Å². The number of sulfonamides is 1. The average Bonchev–Trinajstić information content (AvgIpc) is 2.75. The van der Waals surface area contributed by atoms with Gasteiger partial charge in [-0.2, -0.15) is 0 Å². The largest absolute Gasteiger partial charge is 0.493 e. The molecule has 30 heavy (non-hydrogen) atoms. The molecule has 0 aliphatic carbocycles. The molecule has 3 aromatic rings. The normalized spacial score (nSPS) is 11.9. The Labute approximate surface area is 175 Å². The van der Waals surface area contributed by atoms with Crippen molar-refractivity contribution in [2.75, 3.05) is 17.1 Å². The number of carbonyl (C=O) groups is 1. The van der Waals surface area contributed by atoms with E-state index in [-0.39, 0.29) is 10.8 Å². The maximum Gasteiger partial charge on any atom is 0.265 e. The molecule has 2 N–H and O–H groups in total. The van der Waals surface area contributed by atoms with Crippen molar-refractivity contribution in [3.05, 3.63) is 78.9 Å². The lowest BCUT2D eigenvalue weighted by molar-refractivity contribution is -0.122. The Balaban J connectivity index is 1.64.